The summed E-state index contributed by atoms with van der Waals surface area (Å²) in [5.74, 6) is 1.42. The molecule has 5 rings (SSSR count). The van der Waals surface area contributed by atoms with Gasteiger partial charge in [0.1, 0.15) is 11.3 Å². The van der Waals surface area contributed by atoms with Crippen LogP contribution >= 0.6 is 23.4 Å². The molecule has 2 aliphatic rings. The first-order chi connectivity index (χ1) is 14.7. The number of hydrogen-bond acceptors (Lipinski definition) is 8. The van der Waals surface area contributed by atoms with Crippen molar-refractivity contribution in [3.8, 4) is 0 Å². The van der Waals surface area contributed by atoms with Crippen LogP contribution in [0.3, 0.4) is 0 Å². The van der Waals surface area contributed by atoms with E-state index in [2.05, 4.69) is 26.8 Å². The van der Waals surface area contributed by atoms with Crippen LogP contribution in [0.2, 0.25) is 0 Å². The molecule has 2 N–H and O–H groups in total. The maximum Gasteiger partial charge on any atom is 0.194 e. The van der Waals surface area contributed by atoms with Gasteiger partial charge in [0, 0.05) is 43.0 Å². The average Bonchev–Trinajstić information content (AvgIpc) is 3.38. The molecule has 0 spiro atoms. The van der Waals surface area contributed by atoms with Gasteiger partial charge in [0.25, 0.3) is 0 Å². The fourth-order valence-corrected chi connectivity index (χ4v) is 5.22. The van der Waals surface area contributed by atoms with Gasteiger partial charge in [-0.25, -0.2) is 19.9 Å². The van der Waals surface area contributed by atoms with Gasteiger partial charge in [-0.15, -0.1) is 0 Å². The van der Waals surface area contributed by atoms with Crippen molar-refractivity contribution in [2.45, 2.75) is 36.2 Å². The number of nitrogens with zero attached hydrogens (tertiary/aromatic N) is 6. The van der Waals surface area contributed by atoms with E-state index in [9.17, 15) is 0 Å². The van der Waals surface area contributed by atoms with Gasteiger partial charge in [0.15, 0.2) is 10.8 Å². The Morgan fingerprint density at radius 2 is 2.10 bits per heavy atom. The van der Waals surface area contributed by atoms with Crippen molar-refractivity contribution in [2.24, 2.45) is 11.7 Å². The van der Waals surface area contributed by atoms with E-state index in [0.717, 1.165) is 64.9 Å². The smallest absolute Gasteiger partial charge is 0.194 e. The van der Waals surface area contributed by atoms with E-state index in [1.807, 2.05) is 6.07 Å². The molecule has 1 aliphatic carbocycles. The SMILES string of the molecule is CCC1=C(Cl)c2c(nc(Sc3cnc4nccnc4c3)nc2N2CCC(CN)C2)C1. The number of pyridine rings is 1. The first-order valence-corrected chi connectivity index (χ1v) is 11.3. The van der Waals surface area contributed by atoms with Gasteiger partial charge < -0.3 is 10.6 Å². The Morgan fingerprint density at radius 1 is 1.23 bits per heavy atom. The van der Waals surface area contributed by atoms with Gasteiger partial charge in [-0.2, -0.15) is 0 Å². The highest BCUT2D eigenvalue weighted by molar-refractivity contribution is 7.99. The average molecular weight is 440 g/mol. The molecular weight excluding hydrogens is 418 g/mol. The number of allylic oxidation sites excluding steroid dienone is 1. The number of hydrogen-bond donors (Lipinski definition) is 1. The topological polar surface area (TPSA) is 93.7 Å². The van der Waals surface area contributed by atoms with Crippen LogP contribution in [0.1, 0.15) is 31.0 Å². The van der Waals surface area contributed by atoms with Gasteiger partial charge in [-0.05, 0) is 48.7 Å². The molecule has 1 fully saturated rings. The molecule has 1 aliphatic heterocycles. The number of fused-ring (bicyclic) bond motifs is 2. The molecule has 154 valence electrons. The van der Waals surface area contributed by atoms with Crippen LogP contribution in [0.15, 0.2) is 40.3 Å². The summed E-state index contributed by atoms with van der Waals surface area (Å²) in [5, 5.41) is 1.52. The summed E-state index contributed by atoms with van der Waals surface area (Å²) in [7, 11) is 0. The zero-order valence-corrected chi connectivity index (χ0v) is 18.2. The Labute approximate surface area is 184 Å². The Balaban J connectivity index is 1.53. The standard InChI is InChI=1S/C21H22ClN7S/c1-2-13-7-15-17(18(13)22)20(29-6-3-12(9-23)11-29)28-21(27-15)30-14-8-16-19(26-10-14)25-5-4-24-16/h4-5,8,10,12H,2-3,6-7,9,11,23H2,1H3. The molecule has 3 aromatic heterocycles. The normalized spacial score (nSPS) is 18.5. The summed E-state index contributed by atoms with van der Waals surface area (Å²) < 4.78 is 0. The second kappa shape index (κ2) is 8.09. The van der Waals surface area contributed by atoms with E-state index < -0.39 is 0 Å². The fraction of sp³-hybridized carbons (Fsp3) is 0.381. The molecule has 1 saturated heterocycles. The van der Waals surface area contributed by atoms with Crippen LogP contribution < -0.4 is 10.6 Å². The molecule has 3 aromatic rings. The maximum atomic E-state index is 6.76. The van der Waals surface area contributed by atoms with Crippen LogP contribution in [-0.4, -0.2) is 44.6 Å². The second-order valence-corrected chi connectivity index (χ2v) is 9.03. The van der Waals surface area contributed by atoms with Crippen LogP contribution in [0.4, 0.5) is 5.82 Å². The number of nitrogens with two attached hydrogens (primary N) is 1. The molecule has 0 aromatic carbocycles. The van der Waals surface area contributed by atoms with E-state index >= 15 is 0 Å². The summed E-state index contributed by atoms with van der Waals surface area (Å²) in [6.07, 6.45) is 7.88. The van der Waals surface area contributed by atoms with Gasteiger partial charge >= 0.3 is 0 Å². The molecule has 0 radical (unpaired) electrons. The third kappa shape index (κ3) is 3.53. The lowest BCUT2D eigenvalue weighted by Crippen LogP contribution is -2.25. The Kier molecular flexibility index (Phi) is 5.30. The van der Waals surface area contributed by atoms with Crippen LogP contribution in [-0.2, 0) is 6.42 Å². The minimum atomic E-state index is 0.491. The van der Waals surface area contributed by atoms with Gasteiger partial charge in [0.2, 0.25) is 0 Å². The van der Waals surface area contributed by atoms with E-state index in [0.29, 0.717) is 23.3 Å². The maximum absolute atomic E-state index is 6.76. The first-order valence-electron chi connectivity index (χ1n) is 10.1. The van der Waals surface area contributed by atoms with Gasteiger partial charge in [-0.1, -0.05) is 18.5 Å². The minimum absolute atomic E-state index is 0.491. The zero-order chi connectivity index (χ0) is 20.7. The van der Waals surface area contributed by atoms with Crippen molar-refractivity contribution in [3.05, 3.63) is 41.5 Å². The second-order valence-electron chi connectivity index (χ2n) is 7.61. The van der Waals surface area contributed by atoms with Crippen LogP contribution in [0, 0.1) is 5.92 Å². The van der Waals surface area contributed by atoms with E-state index in [1.54, 1.807) is 18.6 Å². The molecule has 4 heterocycles. The van der Waals surface area contributed by atoms with Crippen molar-refractivity contribution in [2.75, 3.05) is 24.5 Å². The van der Waals surface area contributed by atoms with Crippen molar-refractivity contribution >= 4 is 45.4 Å². The monoisotopic (exact) mass is 439 g/mol. The lowest BCUT2D eigenvalue weighted by atomic mass is 10.1. The number of anilines is 1. The van der Waals surface area contributed by atoms with Crippen LogP contribution in [0.25, 0.3) is 16.2 Å². The third-order valence-corrected chi connectivity index (χ3v) is 6.99. The summed E-state index contributed by atoms with van der Waals surface area (Å²) in [6, 6.07) is 1.97. The van der Waals surface area contributed by atoms with Crippen molar-refractivity contribution < 1.29 is 0 Å². The summed E-state index contributed by atoms with van der Waals surface area (Å²) in [5.41, 5.74) is 10.5. The first kappa shape index (κ1) is 19.7. The Hall–Kier alpha value is -2.29. The van der Waals surface area contributed by atoms with E-state index in [4.69, 9.17) is 27.3 Å². The highest BCUT2D eigenvalue weighted by Gasteiger charge is 2.31. The summed E-state index contributed by atoms with van der Waals surface area (Å²) in [6.45, 7) is 4.67. The summed E-state index contributed by atoms with van der Waals surface area (Å²) >= 11 is 8.25. The Bertz CT molecular complexity index is 1150. The molecule has 0 saturated carbocycles. The molecule has 7 nitrogen and oxygen atoms in total. The molecule has 0 bridgehead atoms. The van der Waals surface area contributed by atoms with E-state index in [-0.39, 0.29) is 0 Å². The molecule has 1 unspecified atom stereocenters. The lowest BCUT2D eigenvalue weighted by molar-refractivity contribution is 0.602. The highest BCUT2D eigenvalue weighted by Crippen LogP contribution is 2.43. The highest BCUT2D eigenvalue weighted by atomic mass is 35.5. The number of halogens is 1. The number of aromatic nitrogens is 5. The van der Waals surface area contributed by atoms with Gasteiger partial charge in [-0.3, -0.25) is 4.98 Å². The fourth-order valence-electron chi connectivity index (χ4n) is 4.05. The van der Waals surface area contributed by atoms with Gasteiger partial charge in [0.05, 0.1) is 16.3 Å². The van der Waals surface area contributed by atoms with Crippen molar-refractivity contribution in [1.29, 1.82) is 0 Å². The molecule has 1 atom stereocenters. The van der Waals surface area contributed by atoms with Crippen LogP contribution in [0.5, 0.6) is 0 Å². The molecule has 9 heteroatoms. The zero-order valence-electron chi connectivity index (χ0n) is 16.7. The predicted octanol–water partition coefficient (Wildman–Crippen LogP) is 3.67. The third-order valence-electron chi connectivity index (χ3n) is 5.71. The summed E-state index contributed by atoms with van der Waals surface area (Å²) in [4.78, 5) is 26.0. The Morgan fingerprint density at radius 3 is 2.90 bits per heavy atom. The minimum Gasteiger partial charge on any atom is -0.356 e. The molecule has 0 amide bonds. The predicted molar refractivity (Wildman–Crippen MR) is 120 cm³/mol. The largest absolute Gasteiger partial charge is 0.356 e. The molecule has 30 heavy (non-hydrogen) atoms. The van der Waals surface area contributed by atoms with Crippen molar-refractivity contribution in [1.82, 2.24) is 24.9 Å². The molecular formula is C21H22ClN7S. The van der Waals surface area contributed by atoms with Crippen molar-refractivity contribution in [3.63, 3.8) is 0 Å². The van der Waals surface area contributed by atoms with E-state index in [1.165, 1.54) is 17.3 Å². The number of rotatable bonds is 5. The quantitative estimate of drug-likeness (QED) is 0.602. The lowest BCUT2D eigenvalue weighted by Gasteiger charge is -2.21.